The van der Waals surface area contributed by atoms with Gasteiger partial charge in [0.25, 0.3) is 0 Å². The SMILES string of the molecule is COCC1(C)CCC(Cc2ccc(Cl)cc2)C1=O. The Hall–Kier alpha value is -0.860. The second-order valence-electron chi connectivity index (χ2n) is 5.42. The van der Waals surface area contributed by atoms with E-state index in [9.17, 15) is 4.79 Å². The van der Waals surface area contributed by atoms with Gasteiger partial charge in [-0.3, -0.25) is 4.79 Å². The van der Waals surface area contributed by atoms with E-state index < -0.39 is 0 Å². The van der Waals surface area contributed by atoms with Crippen molar-refractivity contribution < 1.29 is 9.53 Å². The molecule has 0 aliphatic heterocycles. The third kappa shape index (κ3) is 2.76. The first-order valence-electron chi connectivity index (χ1n) is 6.33. The number of carbonyl (C=O) groups excluding carboxylic acids is 1. The summed E-state index contributed by atoms with van der Waals surface area (Å²) < 4.78 is 5.18. The van der Waals surface area contributed by atoms with Crippen molar-refractivity contribution in [2.24, 2.45) is 11.3 Å². The van der Waals surface area contributed by atoms with Gasteiger partial charge < -0.3 is 4.74 Å². The first-order valence-corrected chi connectivity index (χ1v) is 6.71. The highest BCUT2D eigenvalue weighted by atomic mass is 35.5. The lowest BCUT2D eigenvalue weighted by molar-refractivity contribution is -0.130. The summed E-state index contributed by atoms with van der Waals surface area (Å²) in [5.41, 5.74) is 0.894. The topological polar surface area (TPSA) is 26.3 Å². The lowest BCUT2D eigenvalue weighted by Gasteiger charge is -2.21. The van der Waals surface area contributed by atoms with Gasteiger partial charge in [0.2, 0.25) is 0 Å². The number of methoxy groups -OCH3 is 1. The maximum Gasteiger partial charge on any atom is 0.144 e. The van der Waals surface area contributed by atoms with Crippen LogP contribution in [0.2, 0.25) is 5.02 Å². The Morgan fingerprint density at radius 3 is 2.67 bits per heavy atom. The second-order valence-corrected chi connectivity index (χ2v) is 5.86. The molecule has 2 rings (SSSR count). The van der Waals surface area contributed by atoms with Crippen LogP contribution in [0.4, 0.5) is 0 Å². The number of benzene rings is 1. The maximum atomic E-state index is 12.4. The highest BCUT2D eigenvalue weighted by molar-refractivity contribution is 6.30. The summed E-state index contributed by atoms with van der Waals surface area (Å²) in [6.45, 7) is 2.55. The molecule has 1 aliphatic rings. The smallest absolute Gasteiger partial charge is 0.144 e. The zero-order chi connectivity index (χ0) is 13.2. The second kappa shape index (κ2) is 5.41. The van der Waals surface area contributed by atoms with Crippen molar-refractivity contribution in [1.82, 2.24) is 0 Å². The molecule has 1 fully saturated rings. The third-order valence-electron chi connectivity index (χ3n) is 3.87. The first kappa shape index (κ1) is 13.6. The Bertz CT molecular complexity index is 427. The highest BCUT2D eigenvalue weighted by Crippen LogP contribution is 2.39. The predicted molar refractivity (Wildman–Crippen MR) is 72.9 cm³/mol. The molecular weight excluding hydrogens is 248 g/mol. The number of Topliss-reactive ketones (excluding diaryl/α,β-unsaturated/α-hetero) is 1. The summed E-state index contributed by atoms with van der Waals surface area (Å²) in [7, 11) is 1.66. The maximum absolute atomic E-state index is 12.4. The largest absolute Gasteiger partial charge is 0.384 e. The third-order valence-corrected chi connectivity index (χ3v) is 4.12. The number of ketones is 1. The van der Waals surface area contributed by atoms with Crippen molar-refractivity contribution in [2.75, 3.05) is 13.7 Å². The van der Waals surface area contributed by atoms with E-state index in [2.05, 4.69) is 0 Å². The summed E-state index contributed by atoms with van der Waals surface area (Å²) in [6.07, 6.45) is 2.70. The first-order chi connectivity index (χ1) is 8.55. The van der Waals surface area contributed by atoms with Crippen LogP contribution < -0.4 is 0 Å². The molecule has 98 valence electrons. The summed E-state index contributed by atoms with van der Waals surface area (Å²) in [6, 6.07) is 7.76. The van der Waals surface area contributed by atoms with Crippen LogP contribution in [0.25, 0.3) is 0 Å². The van der Waals surface area contributed by atoms with Crippen LogP contribution in [-0.2, 0) is 16.0 Å². The van der Waals surface area contributed by atoms with Gasteiger partial charge in [0, 0.05) is 23.5 Å². The number of halogens is 1. The van der Waals surface area contributed by atoms with Crippen LogP contribution in [0.3, 0.4) is 0 Å². The quantitative estimate of drug-likeness (QED) is 0.834. The zero-order valence-electron chi connectivity index (χ0n) is 10.9. The van der Waals surface area contributed by atoms with Gasteiger partial charge in [-0.2, -0.15) is 0 Å². The molecule has 1 saturated carbocycles. The van der Waals surface area contributed by atoms with E-state index >= 15 is 0 Å². The van der Waals surface area contributed by atoms with Crippen LogP contribution in [-0.4, -0.2) is 19.5 Å². The molecule has 1 aromatic carbocycles. The molecule has 0 radical (unpaired) electrons. The van der Waals surface area contributed by atoms with Gasteiger partial charge in [-0.1, -0.05) is 30.7 Å². The molecule has 2 atom stereocenters. The molecule has 0 bridgehead atoms. The van der Waals surface area contributed by atoms with Gasteiger partial charge in [0.1, 0.15) is 5.78 Å². The van der Waals surface area contributed by atoms with E-state index in [0.29, 0.717) is 12.4 Å². The molecule has 0 heterocycles. The number of hydrogen-bond acceptors (Lipinski definition) is 2. The molecule has 18 heavy (non-hydrogen) atoms. The molecule has 3 heteroatoms. The minimum atomic E-state index is -0.286. The minimum Gasteiger partial charge on any atom is -0.384 e. The lowest BCUT2D eigenvalue weighted by Crippen LogP contribution is -2.30. The van der Waals surface area contributed by atoms with E-state index in [1.165, 1.54) is 5.56 Å². The summed E-state index contributed by atoms with van der Waals surface area (Å²) in [5, 5.41) is 0.737. The van der Waals surface area contributed by atoms with Crippen molar-refractivity contribution in [3.8, 4) is 0 Å². The van der Waals surface area contributed by atoms with E-state index in [1.807, 2.05) is 31.2 Å². The van der Waals surface area contributed by atoms with E-state index in [1.54, 1.807) is 7.11 Å². The molecule has 2 unspecified atom stereocenters. The van der Waals surface area contributed by atoms with Crippen molar-refractivity contribution in [1.29, 1.82) is 0 Å². The Labute approximate surface area is 113 Å². The summed E-state index contributed by atoms with van der Waals surface area (Å²) in [5.74, 6) is 0.477. The molecular formula is C15H19ClO2. The van der Waals surface area contributed by atoms with Gasteiger partial charge >= 0.3 is 0 Å². The predicted octanol–water partition coefficient (Wildman–Crippen LogP) is 3.51. The van der Waals surface area contributed by atoms with Crippen LogP contribution in [0.5, 0.6) is 0 Å². The molecule has 1 aromatic rings. The lowest BCUT2D eigenvalue weighted by atomic mass is 9.86. The molecule has 0 aromatic heterocycles. The van der Waals surface area contributed by atoms with Gasteiger partial charge in [-0.05, 0) is 37.0 Å². The van der Waals surface area contributed by atoms with Gasteiger partial charge in [0.05, 0.1) is 6.61 Å². The van der Waals surface area contributed by atoms with Gasteiger partial charge in [0.15, 0.2) is 0 Å². The molecule has 1 aliphatic carbocycles. The minimum absolute atomic E-state index is 0.131. The van der Waals surface area contributed by atoms with Crippen molar-refractivity contribution in [2.45, 2.75) is 26.2 Å². The standard InChI is InChI=1S/C15H19ClO2/c1-15(10-18-2)8-7-12(14(15)17)9-11-3-5-13(16)6-4-11/h3-6,12H,7-10H2,1-2H3. The Balaban J connectivity index is 2.04. The Kier molecular flexibility index (Phi) is 4.08. The fraction of sp³-hybridized carbons (Fsp3) is 0.533. The number of hydrogen-bond donors (Lipinski definition) is 0. The van der Waals surface area contributed by atoms with Crippen LogP contribution >= 0.6 is 11.6 Å². The van der Waals surface area contributed by atoms with E-state index in [0.717, 1.165) is 24.3 Å². The average molecular weight is 267 g/mol. The van der Waals surface area contributed by atoms with Crippen molar-refractivity contribution >= 4 is 17.4 Å². The highest BCUT2D eigenvalue weighted by Gasteiger charge is 2.43. The molecule has 0 amide bonds. The number of carbonyl (C=O) groups is 1. The average Bonchev–Trinajstić information content (AvgIpc) is 2.61. The molecule has 0 N–H and O–H groups in total. The fourth-order valence-corrected chi connectivity index (χ4v) is 2.93. The Morgan fingerprint density at radius 2 is 2.06 bits per heavy atom. The monoisotopic (exact) mass is 266 g/mol. The number of ether oxygens (including phenoxy) is 1. The molecule has 0 saturated heterocycles. The van der Waals surface area contributed by atoms with Crippen molar-refractivity contribution in [3.05, 3.63) is 34.9 Å². The van der Waals surface area contributed by atoms with Crippen LogP contribution in [0.1, 0.15) is 25.3 Å². The van der Waals surface area contributed by atoms with Crippen LogP contribution in [0, 0.1) is 11.3 Å². The summed E-state index contributed by atoms with van der Waals surface area (Å²) in [4.78, 5) is 12.4. The summed E-state index contributed by atoms with van der Waals surface area (Å²) >= 11 is 5.86. The van der Waals surface area contributed by atoms with Gasteiger partial charge in [-0.15, -0.1) is 0 Å². The normalized spacial score (nSPS) is 27.7. The van der Waals surface area contributed by atoms with Gasteiger partial charge in [-0.25, -0.2) is 0 Å². The van der Waals surface area contributed by atoms with E-state index in [-0.39, 0.29) is 11.3 Å². The van der Waals surface area contributed by atoms with E-state index in [4.69, 9.17) is 16.3 Å². The number of rotatable bonds is 4. The molecule has 2 nitrogen and oxygen atoms in total. The fourth-order valence-electron chi connectivity index (χ4n) is 2.80. The Morgan fingerprint density at radius 1 is 1.39 bits per heavy atom. The molecule has 0 spiro atoms. The van der Waals surface area contributed by atoms with Crippen molar-refractivity contribution in [3.63, 3.8) is 0 Å². The zero-order valence-corrected chi connectivity index (χ0v) is 11.7. The van der Waals surface area contributed by atoms with Crippen LogP contribution in [0.15, 0.2) is 24.3 Å².